The lowest BCUT2D eigenvalue weighted by Gasteiger charge is -2.18. The van der Waals surface area contributed by atoms with E-state index >= 15 is 0 Å². The summed E-state index contributed by atoms with van der Waals surface area (Å²) in [5.74, 6) is -0.865. The Labute approximate surface area is 480 Å². The second kappa shape index (κ2) is 66.1. The molecule has 0 radical (unpaired) electrons. The molecule has 0 fully saturated rings. The average molecular weight is 1080 g/mol. The van der Waals surface area contributed by atoms with Crippen molar-refractivity contribution < 1.29 is 28.6 Å². The third-order valence-corrected chi connectivity index (χ3v) is 15.6. The van der Waals surface area contributed by atoms with E-state index in [1.807, 2.05) is 0 Å². The van der Waals surface area contributed by atoms with E-state index in [0.717, 1.165) is 77.0 Å². The Morgan fingerprint density at radius 1 is 0.260 bits per heavy atom. The molecule has 0 N–H and O–H groups in total. The number of ether oxygens (including phenoxy) is 3. The fourth-order valence-corrected chi connectivity index (χ4v) is 10.4. The van der Waals surface area contributed by atoms with Crippen molar-refractivity contribution in [1.29, 1.82) is 0 Å². The average Bonchev–Trinajstić information content (AvgIpc) is 3.43. The number of esters is 3. The summed E-state index contributed by atoms with van der Waals surface area (Å²) in [6.45, 7) is 6.67. The van der Waals surface area contributed by atoms with Gasteiger partial charge in [0.2, 0.25) is 0 Å². The summed E-state index contributed by atoms with van der Waals surface area (Å²) in [6, 6.07) is 0. The number of hydrogen-bond donors (Lipinski definition) is 0. The summed E-state index contributed by atoms with van der Waals surface area (Å²) >= 11 is 0. The maximum absolute atomic E-state index is 12.9. The Balaban J connectivity index is 4.23. The standard InChI is InChI=1S/C71H132O6/c1-4-7-10-13-16-19-22-25-28-30-32-33-34-35-36-37-38-39-40-42-43-46-49-52-55-58-61-64-70(73)76-67-68(66-75-69(72)63-60-57-54-51-48-45-27-24-21-18-15-12-9-6-3)77-71(74)65-62-59-56-53-50-47-44-41-31-29-26-23-20-17-14-11-8-5-2/h20,23-24,27,29,31,68H,4-19,21-22,25-26,28,30,32-67H2,1-3H3/b23-20-,27-24-,31-29-. The minimum absolute atomic E-state index is 0.0737. The molecule has 0 aromatic heterocycles. The van der Waals surface area contributed by atoms with E-state index < -0.39 is 6.10 Å². The number of carbonyl (C=O) groups is 3. The zero-order chi connectivity index (χ0) is 55.7. The van der Waals surface area contributed by atoms with Gasteiger partial charge in [-0.2, -0.15) is 0 Å². The topological polar surface area (TPSA) is 78.9 Å². The van der Waals surface area contributed by atoms with E-state index in [4.69, 9.17) is 14.2 Å². The highest BCUT2D eigenvalue weighted by Crippen LogP contribution is 2.18. The van der Waals surface area contributed by atoms with Crippen LogP contribution in [0.3, 0.4) is 0 Å². The molecule has 0 aliphatic heterocycles. The first-order valence-electron chi connectivity index (χ1n) is 34.5. The largest absolute Gasteiger partial charge is 0.462 e. The van der Waals surface area contributed by atoms with Gasteiger partial charge < -0.3 is 14.2 Å². The fraction of sp³-hybridized carbons (Fsp3) is 0.873. The zero-order valence-electron chi connectivity index (χ0n) is 52.0. The molecule has 0 spiro atoms. The summed E-state index contributed by atoms with van der Waals surface area (Å²) in [4.78, 5) is 38.4. The Bertz CT molecular complexity index is 1290. The van der Waals surface area contributed by atoms with E-state index in [9.17, 15) is 14.4 Å². The SMILES string of the molecule is CCCCCC/C=C\C/C=C\CCCCCCCCCC(=O)OC(COC(=O)CCCCCCC/C=C\CCCCCCC)COC(=O)CCCCCCCCCCCCCCCCCCCCCCCCCCCCC. The molecule has 77 heavy (non-hydrogen) atoms. The third-order valence-electron chi connectivity index (χ3n) is 15.6. The minimum Gasteiger partial charge on any atom is -0.462 e. The number of allylic oxidation sites excluding steroid dienone is 6. The first kappa shape index (κ1) is 74.6. The van der Waals surface area contributed by atoms with Crippen LogP contribution >= 0.6 is 0 Å². The first-order chi connectivity index (χ1) is 38.0. The van der Waals surface area contributed by atoms with Gasteiger partial charge in [-0.15, -0.1) is 0 Å². The van der Waals surface area contributed by atoms with Gasteiger partial charge >= 0.3 is 17.9 Å². The Morgan fingerprint density at radius 2 is 0.468 bits per heavy atom. The van der Waals surface area contributed by atoms with Crippen molar-refractivity contribution in [3.8, 4) is 0 Å². The van der Waals surface area contributed by atoms with E-state index in [2.05, 4.69) is 57.2 Å². The minimum atomic E-state index is -0.779. The molecule has 0 amide bonds. The summed E-state index contributed by atoms with van der Waals surface area (Å²) in [5.41, 5.74) is 0. The van der Waals surface area contributed by atoms with E-state index in [-0.39, 0.29) is 31.1 Å². The highest BCUT2D eigenvalue weighted by atomic mass is 16.6. The maximum Gasteiger partial charge on any atom is 0.306 e. The molecular formula is C71H132O6. The maximum atomic E-state index is 12.9. The summed E-state index contributed by atoms with van der Waals surface area (Å²) < 4.78 is 17.0. The van der Waals surface area contributed by atoms with Gasteiger partial charge in [0.15, 0.2) is 6.10 Å². The van der Waals surface area contributed by atoms with Crippen molar-refractivity contribution in [2.45, 2.75) is 386 Å². The predicted octanol–water partition coefficient (Wildman–Crippen LogP) is 23.6. The molecule has 1 atom stereocenters. The molecule has 6 heteroatoms. The third kappa shape index (κ3) is 64.3. The molecule has 0 heterocycles. The summed E-state index contributed by atoms with van der Waals surface area (Å²) in [7, 11) is 0. The van der Waals surface area contributed by atoms with Crippen LogP contribution in [0, 0.1) is 0 Å². The lowest BCUT2D eigenvalue weighted by molar-refractivity contribution is -0.167. The van der Waals surface area contributed by atoms with Gasteiger partial charge in [-0.05, 0) is 77.0 Å². The molecule has 6 nitrogen and oxygen atoms in total. The molecule has 0 aromatic carbocycles. The van der Waals surface area contributed by atoms with Crippen LogP contribution in [-0.2, 0) is 28.6 Å². The normalized spacial score (nSPS) is 12.2. The van der Waals surface area contributed by atoms with Crippen molar-refractivity contribution in [1.82, 2.24) is 0 Å². The van der Waals surface area contributed by atoms with Crippen LogP contribution in [0.4, 0.5) is 0 Å². The van der Waals surface area contributed by atoms with Crippen molar-refractivity contribution >= 4 is 17.9 Å². The number of hydrogen-bond acceptors (Lipinski definition) is 6. The Kier molecular flexibility index (Phi) is 64.1. The van der Waals surface area contributed by atoms with Gasteiger partial charge in [-0.25, -0.2) is 0 Å². The molecule has 452 valence electrons. The van der Waals surface area contributed by atoms with Gasteiger partial charge in [-0.1, -0.05) is 320 Å². The van der Waals surface area contributed by atoms with Crippen LogP contribution in [-0.4, -0.2) is 37.2 Å². The predicted molar refractivity (Wildman–Crippen MR) is 335 cm³/mol. The van der Waals surface area contributed by atoms with Crippen molar-refractivity contribution in [2.24, 2.45) is 0 Å². The van der Waals surface area contributed by atoms with Crippen LogP contribution in [0.5, 0.6) is 0 Å². The smallest absolute Gasteiger partial charge is 0.306 e. The quantitative estimate of drug-likeness (QED) is 0.0261. The monoisotopic (exact) mass is 1080 g/mol. The Hall–Kier alpha value is -2.37. The van der Waals surface area contributed by atoms with Crippen molar-refractivity contribution in [3.63, 3.8) is 0 Å². The molecule has 0 aliphatic rings. The molecular weight excluding hydrogens is 949 g/mol. The highest BCUT2D eigenvalue weighted by molar-refractivity contribution is 5.71. The number of rotatable bonds is 64. The van der Waals surface area contributed by atoms with Crippen LogP contribution < -0.4 is 0 Å². The molecule has 0 aliphatic carbocycles. The van der Waals surface area contributed by atoms with E-state index in [1.165, 1.54) is 263 Å². The molecule has 0 bridgehead atoms. The van der Waals surface area contributed by atoms with Crippen LogP contribution in [0.25, 0.3) is 0 Å². The van der Waals surface area contributed by atoms with Gasteiger partial charge in [0.1, 0.15) is 13.2 Å². The van der Waals surface area contributed by atoms with E-state index in [1.54, 1.807) is 0 Å². The molecule has 0 saturated carbocycles. The van der Waals surface area contributed by atoms with Gasteiger partial charge in [-0.3, -0.25) is 14.4 Å². The van der Waals surface area contributed by atoms with Gasteiger partial charge in [0.25, 0.3) is 0 Å². The molecule has 0 rings (SSSR count). The van der Waals surface area contributed by atoms with E-state index in [0.29, 0.717) is 19.3 Å². The lowest BCUT2D eigenvalue weighted by Crippen LogP contribution is -2.30. The molecule has 0 saturated heterocycles. The summed E-state index contributed by atoms with van der Waals surface area (Å²) in [5, 5.41) is 0. The fourth-order valence-electron chi connectivity index (χ4n) is 10.4. The second-order valence-corrected chi connectivity index (χ2v) is 23.4. The van der Waals surface area contributed by atoms with Crippen LogP contribution in [0.2, 0.25) is 0 Å². The molecule has 0 aromatic rings. The van der Waals surface area contributed by atoms with Gasteiger partial charge in [0, 0.05) is 19.3 Å². The first-order valence-corrected chi connectivity index (χ1v) is 34.5. The number of carbonyl (C=O) groups excluding carboxylic acids is 3. The van der Waals surface area contributed by atoms with Crippen LogP contribution in [0.15, 0.2) is 36.5 Å². The Morgan fingerprint density at radius 3 is 0.740 bits per heavy atom. The van der Waals surface area contributed by atoms with Gasteiger partial charge in [0.05, 0.1) is 0 Å². The highest BCUT2D eigenvalue weighted by Gasteiger charge is 2.19. The lowest BCUT2D eigenvalue weighted by atomic mass is 10.0. The van der Waals surface area contributed by atoms with Crippen LogP contribution in [0.1, 0.15) is 380 Å². The number of unbranched alkanes of at least 4 members (excludes halogenated alkanes) is 47. The van der Waals surface area contributed by atoms with Crippen molar-refractivity contribution in [3.05, 3.63) is 36.5 Å². The van der Waals surface area contributed by atoms with Crippen molar-refractivity contribution in [2.75, 3.05) is 13.2 Å². The second-order valence-electron chi connectivity index (χ2n) is 23.4. The summed E-state index contributed by atoms with van der Waals surface area (Å²) in [6.07, 6.45) is 81.7. The molecule has 1 unspecified atom stereocenters. The zero-order valence-corrected chi connectivity index (χ0v) is 52.0.